The van der Waals surface area contributed by atoms with Crippen LogP contribution < -0.4 is 10.0 Å². The predicted molar refractivity (Wildman–Crippen MR) is 123 cm³/mol. The summed E-state index contributed by atoms with van der Waals surface area (Å²) in [7, 11) is 1.95. The van der Waals surface area contributed by atoms with Gasteiger partial charge in [-0.25, -0.2) is 9.78 Å². The molecule has 2 aromatic heterocycles. The van der Waals surface area contributed by atoms with E-state index < -0.39 is 11.9 Å². The fourth-order valence-electron chi connectivity index (χ4n) is 4.07. The monoisotopic (exact) mass is 445 g/mol. The average molecular weight is 446 g/mol. The van der Waals surface area contributed by atoms with Gasteiger partial charge in [-0.2, -0.15) is 5.26 Å². The third-order valence-corrected chi connectivity index (χ3v) is 6.42. The molecule has 32 heavy (non-hydrogen) atoms. The van der Waals surface area contributed by atoms with Crippen molar-refractivity contribution in [2.24, 2.45) is 7.05 Å². The minimum atomic E-state index is -0.666. The number of aryl methyl sites for hydroxylation is 1. The highest BCUT2D eigenvalue weighted by Gasteiger charge is 2.28. The molecule has 4 rings (SSSR count). The van der Waals surface area contributed by atoms with E-state index in [0.29, 0.717) is 16.2 Å². The Labute approximate surface area is 191 Å². The van der Waals surface area contributed by atoms with E-state index in [1.165, 1.54) is 0 Å². The Morgan fingerprint density at radius 1 is 1.22 bits per heavy atom. The molecule has 162 valence electrons. The van der Waals surface area contributed by atoms with Crippen molar-refractivity contribution < 1.29 is 9.59 Å². The highest BCUT2D eigenvalue weighted by molar-refractivity contribution is 7.97. The van der Waals surface area contributed by atoms with E-state index in [1.807, 2.05) is 29.9 Å². The Morgan fingerprint density at radius 3 is 2.69 bits per heavy atom. The summed E-state index contributed by atoms with van der Waals surface area (Å²) in [5.41, 5.74) is 4.71. The average Bonchev–Trinajstić information content (AvgIpc) is 3.23. The number of nitriles is 1. The van der Waals surface area contributed by atoms with Crippen molar-refractivity contribution in [3.63, 3.8) is 0 Å². The van der Waals surface area contributed by atoms with Gasteiger partial charge in [-0.3, -0.25) is 14.8 Å². The molecule has 2 N–H and O–H groups in total. The van der Waals surface area contributed by atoms with E-state index in [0.717, 1.165) is 53.7 Å². The number of pyridine rings is 1. The molecule has 0 fully saturated rings. The summed E-state index contributed by atoms with van der Waals surface area (Å²) in [6.07, 6.45) is 4.89. The lowest BCUT2D eigenvalue weighted by atomic mass is 9.83. The van der Waals surface area contributed by atoms with Gasteiger partial charge in [-0.05, 0) is 55.0 Å². The molecule has 7 nitrogen and oxygen atoms in total. The highest BCUT2D eigenvalue weighted by Crippen LogP contribution is 2.40. The summed E-state index contributed by atoms with van der Waals surface area (Å²) >= 11 is 0.952. The molecule has 1 aliphatic rings. The Bertz CT molecular complexity index is 1210. The second kappa shape index (κ2) is 9.28. The normalized spacial score (nSPS) is 14.8. The molecule has 8 heteroatoms. The van der Waals surface area contributed by atoms with Gasteiger partial charge >= 0.3 is 6.03 Å². The molecular weight excluding hydrogens is 422 g/mol. The molecule has 1 unspecified atom stereocenters. The summed E-state index contributed by atoms with van der Waals surface area (Å²) in [6.45, 7) is 2.14. The first-order chi connectivity index (χ1) is 15.5. The van der Waals surface area contributed by atoms with Crippen LogP contribution in [0.3, 0.4) is 0 Å². The topological polar surface area (TPSA) is 99.8 Å². The lowest BCUT2D eigenvalue weighted by Crippen LogP contribution is -2.36. The van der Waals surface area contributed by atoms with Crippen molar-refractivity contribution in [1.29, 1.82) is 5.26 Å². The smallest absolute Gasteiger partial charge is 0.331 e. The molecule has 2 heterocycles. The quantitative estimate of drug-likeness (QED) is 0.574. The number of aromatic nitrogens is 2. The number of hydrogen-bond acceptors (Lipinski definition) is 5. The maximum atomic E-state index is 12.3. The summed E-state index contributed by atoms with van der Waals surface area (Å²) < 4.78 is 4.60. The SMILES string of the molecule is CC1CCCc2c1nc(SNC(=O)NC(=O)c1ccccc1)c(C#N)c2-c1cccn1C. The van der Waals surface area contributed by atoms with E-state index in [2.05, 4.69) is 23.0 Å². The van der Waals surface area contributed by atoms with Crippen molar-refractivity contribution in [2.45, 2.75) is 37.1 Å². The second-order valence-electron chi connectivity index (χ2n) is 7.79. The number of nitrogens with one attached hydrogen (secondary N) is 2. The summed E-state index contributed by atoms with van der Waals surface area (Å²) in [5, 5.41) is 12.8. The first-order valence-corrected chi connectivity index (χ1v) is 11.2. The van der Waals surface area contributed by atoms with Crippen molar-refractivity contribution in [3.05, 3.63) is 71.0 Å². The number of carbonyl (C=O) groups is 2. The van der Waals surface area contributed by atoms with E-state index in [4.69, 9.17) is 4.98 Å². The number of carbonyl (C=O) groups excluding carboxylic acids is 2. The number of hydrogen-bond donors (Lipinski definition) is 2. The van der Waals surface area contributed by atoms with Crippen LogP contribution in [0.1, 0.15) is 52.9 Å². The fraction of sp³-hybridized carbons (Fsp3) is 0.250. The molecule has 0 aliphatic heterocycles. The zero-order valence-electron chi connectivity index (χ0n) is 17.9. The Hall–Kier alpha value is -3.57. The first kappa shape index (κ1) is 21.7. The van der Waals surface area contributed by atoms with Crippen LogP contribution in [0.15, 0.2) is 53.7 Å². The molecule has 1 aliphatic carbocycles. The Balaban J connectivity index is 1.63. The number of urea groups is 1. The number of nitrogens with zero attached hydrogens (tertiary/aromatic N) is 3. The van der Waals surface area contributed by atoms with E-state index in [9.17, 15) is 14.9 Å². The molecule has 0 saturated carbocycles. The van der Waals surface area contributed by atoms with Crippen LogP contribution in [-0.2, 0) is 13.5 Å². The van der Waals surface area contributed by atoms with E-state index >= 15 is 0 Å². The molecule has 3 aromatic rings. The van der Waals surface area contributed by atoms with Gasteiger partial charge in [0.05, 0.1) is 5.56 Å². The van der Waals surface area contributed by atoms with Gasteiger partial charge in [0.25, 0.3) is 5.91 Å². The van der Waals surface area contributed by atoms with Gasteiger partial charge in [0, 0.05) is 47.7 Å². The highest BCUT2D eigenvalue weighted by atomic mass is 32.2. The maximum absolute atomic E-state index is 12.3. The molecule has 1 atom stereocenters. The van der Waals surface area contributed by atoms with Crippen molar-refractivity contribution in [3.8, 4) is 17.3 Å². The van der Waals surface area contributed by atoms with E-state index in [-0.39, 0.29) is 5.92 Å². The molecule has 3 amide bonds. The van der Waals surface area contributed by atoms with Crippen molar-refractivity contribution in [2.75, 3.05) is 0 Å². The first-order valence-electron chi connectivity index (χ1n) is 10.4. The second-order valence-corrected chi connectivity index (χ2v) is 8.59. The number of fused-ring (bicyclic) bond motifs is 1. The van der Waals surface area contributed by atoms with Gasteiger partial charge in [0.15, 0.2) is 0 Å². The van der Waals surface area contributed by atoms with Crippen LogP contribution >= 0.6 is 11.9 Å². The van der Waals surface area contributed by atoms with Gasteiger partial charge in [0.2, 0.25) is 0 Å². The molecule has 1 aromatic carbocycles. The van der Waals surface area contributed by atoms with Gasteiger partial charge < -0.3 is 4.57 Å². The molecule has 0 spiro atoms. The zero-order chi connectivity index (χ0) is 22.7. The molecule has 0 bridgehead atoms. The number of amides is 3. The largest absolute Gasteiger partial charge is 0.351 e. The predicted octanol–water partition coefficient (Wildman–Crippen LogP) is 4.55. The summed E-state index contributed by atoms with van der Waals surface area (Å²) in [6, 6.07) is 14.1. The fourth-order valence-corrected chi connectivity index (χ4v) is 4.70. The third-order valence-electron chi connectivity index (χ3n) is 5.64. The van der Waals surface area contributed by atoms with Gasteiger partial charge in [-0.1, -0.05) is 25.1 Å². The van der Waals surface area contributed by atoms with Crippen molar-refractivity contribution in [1.82, 2.24) is 19.6 Å². The number of rotatable bonds is 4. The number of imide groups is 1. The minimum Gasteiger partial charge on any atom is -0.351 e. The van der Waals surface area contributed by atoms with Crippen LogP contribution in [0.4, 0.5) is 4.79 Å². The molecule has 0 radical (unpaired) electrons. The van der Waals surface area contributed by atoms with E-state index in [1.54, 1.807) is 30.3 Å². The maximum Gasteiger partial charge on any atom is 0.331 e. The zero-order valence-corrected chi connectivity index (χ0v) is 18.7. The van der Waals surface area contributed by atoms with Crippen molar-refractivity contribution >= 4 is 23.9 Å². The van der Waals surface area contributed by atoms with Gasteiger partial charge in [-0.15, -0.1) is 0 Å². The lowest BCUT2D eigenvalue weighted by Gasteiger charge is -2.26. The van der Waals surface area contributed by atoms with Crippen LogP contribution in [0.5, 0.6) is 0 Å². The van der Waals surface area contributed by atoms with Crippen LogP contribution in [0.2, 0.25) is 0 Å². The summed E-state index contributed by atoms with van der Waals surface area (Å²) in [5.74, 6) is -0.237. The van der Waals surface area contributed by atoms with Gasteiger partial charge in [0.1, 0.15) is 11.1 Å². The molecular formula is C24H23N5O2S. The summed E-state index contributed by atoms with van der Waals surface area (Å²) in [4.78, 5) is 29.3. The number of benzene rings is 1. The lowest BCUT2D eigenvalue weighted by molar-refractivity contribution is 0.0965. The third kappa shape index (κ3) is 4.25. The molecule has 0 saturated heterocycles. The Kier molecular flexibility index (Phi) is 6.28. The Morgan fingerprint density at radius 2 is 2.00 bits per heavy atom. The minimum absolute atomic E-state index is 0.262. The standard InChI is InChI=1S/C24H23N5O2S/c1-15-8-6-11-17-20(19-12-7-13-29(19)2)18(14-25)23(26-21(15)17)32-28-24(31)27-22(30)16-9-4-3-5-10-16/h3-5,7,9-10,12-13,15H,6,8,11H2,1-2H3,(H2,27,28,30,31). The van der Waals surface area contributed by atoms with Crippen LogP contribution in [0, 0.1) is 11.3 Å². The van der Waals surface area contributed by atoms with Crippen LogP contribution in [-0.4, -0.2) is 21.5 Å². The van der Waals surface area contributed by atoms with Crippen LogP contribution in [0.25, 0.3) is 11.3 Å².